The highest BCUT2D eigenvalue weighted by Crippen LogP contribution is 1.93. The van der Waals surface area contributed by atoms with Crippen LogP contribution in [0, 0.1) is 0 Å². The molecular weight excluding hydrogens is 126 g/mol. The molecule has 0 unspecified atom stereocenters. The molecule has 2 heteroatoms. The summed E-state index contributed by atoms with van der Waals surface area (Å²) in [6.07, 6.45) is 4.97. The summed E-state index contributed by atoms with van der Waals surface area (Å²) >= 11 is 0. The largest absolute Gasteiger partial charge is 0.381 e. The molecule has 0 aromatic heterocycles. The molecule has 0 amide bonds. The fourth-order valence-corrected chi connectivity index (χ4v) is 0.701. The number of hydrogen-bond donors (Lipinski definition) is 1. The summed E-state index contributed by atoms with van der Waals surface area (Å²) in [7, 11) is 0. The number of unbranched alkanes of at least 4 members (excludes halogenated alkanes) is 2. The number of rotatable bonds is 6. The van der Waals surface area contributed by atoms with Crippen molar-refractivity contribution in [2.24, 2.45) is 0 Å². The third-order valence-corrected chi connectivity index (χ3v) is 1.24. The summed E-state index contributed by atoms with van der Waals surface area (Å²) in [5.74, 6) is 0. The molecule has 0 bridgehead atoms. The quantitative estimate of drug-likeness (QED) is 0.587. The van der Waals surface area contributed by atoms with Crippen molar-refractivity contribution in [2.45, 2.75) is 39.5 Å². The third kappa shape index (κ3) is 10.8. The van der Waals surface area contributed by atoms with Gasteiger partial charge in [-0.1, -0.05) is 26.7 Å². The minimum atomic E-state index is 0. The molecule has 2 nitrogen and oxygen atoms in total. The first-order valence-corrected chi connectivity index (χ1v) is 3.99. The molecule has 64 valence electrons. The molecule has 0 aromatic carbocycles. The van der Waals surface area contributed by atoms with Crippen molar-refractivity contribution in [1.82, 2.24) is 6.15 Å². The number of ether oxygens (including phenoxy) is 1. The standard InChI is InChI=1S/C8H18O.H3N/c1-3-5-6-8-9-7-4-2;/h3-8H2,1-2H3;1H3. The second-order valence-corrected chi connectivity index (χ2v) is 2.32. The lowest BCUT2D eigenvalue weighted by Gasteiger charge is -1.99. The topological polar surface area (TPSA) is 44.2 Å². The van der Waals surface area contributed by atoms with Gasteiger partial charge in [-0.15, -0.1) is 0 Å². The molecule has 0 radical (unpaired) electrons. The van der Waals surface area contributed by atoms with Gasteiger partial charge in [-0.2, -0.15) is 0 Å². The Morgan fingerprint density at radius 3 is 2.10 bits per heavy atom. The van der Waals surface area contributed by atoms with Crippen LogP contribution in [0.25, 0.3) is 0 Å². The predicted octanol–water partition coefficient (Wildman–Crippen LogP) is 2.77. The monoisotopic (exact) mass is 147 g/mol. The van der Waals surface area contributed by atoms with Crippen LogP contribution in [0.1, 0.15) is 39.5 Å². The van der Waals surface area contributed by atoms with Gasteiger partial charge in [0.15, 0.2) is 0 Å². The molecular formula is C8H21NO. The van der Waals surface area contributed by atoms with E-state index < -0.39 is 0 Å². The normalized spacial score (nSPS) is 9.00. The van der Waals surface area contributed by atoms with E-state index in [0.717, 1.165) is 19.6 Å². The maximum atomic E-state index is 5.28. The summed E-state index contributed by atoms with van der Waals surface area (Å²) in [4.78, 5) is 0. The van der Waals surface area contributed by atoms with E-state index in [2.05, 4.69) is 13.8 Å². The van der Waals surface area contributed by atoms with Crippen molar-refractivity contribution in [3.05, 3.63) is 0 Å². The summed E-state index contributed by atoms with van der Waals surface area (Å²) in [6, 6.07) is 0. The Hall–Kier alpha value is -0.0800. The van der Waals surface area contributed by atoms with Gasteiger partial charge in [0.2, 0.25) is 0 Å². The first kappa shape index (κ1) is 12.6. The minimum Gasteiger partial charge on any atom is -0.381 e. The highest BCUT2D eigenvalue weighted by Gasteiger charge is 1.84. The molecule has 0 fully saturated rings. The highest BCUT2D eigenvalue weighted by atomic mass is 16.5. The van der Waals surface area contributed by atoms with E-state index in [0.29, 0.717) is 0 Å². The second kappa shape index (κ2) is 11.7. The molecule has 0 aliphatic rings. The molecule has 0 aromatic rings. The average molecular weight is 147 g/mol. The molecule has 0 rings (SSSR count). The highest BCUT2D eigenvalue weighted by molar-refractivity contribution is 4.35. The Labute approximate surface area is 64.5 Å². The lowest BCUT2D eigenvalue weighted by molar-refractivity contribution is 0.131. The van der Waals surface area contributed by atoms with E-state index in [1.54, 1.807) is 0 Å². The fraction of sp³-hybridized carbons (Fsp3) is 1.00. The lowest BCUT2D eigenvalue weighted by atomic mass is 10.3. The Balaban J connectivity index is 0. The molecule has 0 spiro atoms. The first-order chi connectivity index (χ1) is 4.41. The molecule has 10 heavy (non-hydrogen) atoms. The molecule has 0 heterocycles. The molecule has 0 saturated heterocycles. The van der Waals surface area contributed by atoms with Crippen LogP contribution in [0.2, 0.25) is 0 Å². The van der Waals surface area contributed by atoms with Gasteiger partial charge < -0.3 is 10.9 Å². The lowest BCUT2D eigenvalue weighted by Crippen LogP contribution is -1.94. The fourth-order valence-electron chi connectivity index (χ4n) is 0.701. The zero-order chi connectivity index (χ0) is 6.95. The first-order valence-electron chi connectivity index (χ1n) is 3.99. The second-order valence-electron chi connectivity index (χ2n) is 2.32. The van der Waals surface area contributed by atoms with Gasteiger partial charge in [-0.25, -0.2) is 0 Å². The Morgan fingerprint density at radius 2 is 1.60 bits per heavy atom. The SMILES string of the molecule is CCCCCOCCC.N. The Bertz CT molecular complexity index is 42.5. The number of hydrogen-bond acceptors (Lipinski definition) is 2. The van der Waals surface area contributed by atoms with E-state index >= 15 is 0 Å². The minimum absolute atomic E-state index is 0. The maximum Gasteiger partial charge on any atom is 0.0466 e. The third-order valence-electron chi connectivity index (χ3n) is 1.24. The van der Waals surface area contributed by atoms with Gasteiger partial charge in [0, 0.05) is 13.2 Å². The van der Waals surface area contributed by atoms with E-state index in [1.165, 1.54) is 19.3 Å². The van der Waals surface area contributed by atoms with Gasteiger partial charge >= 0.3 is 0 Å². The zero-order valence-corrected chi connectivity index (χ0v) is 7.36. The van der Waals surface area contributed by atoms with Crippen molar-refractivity contribution < 1.29 is 4.74 Å². The molecule has 0 atom stereocenters. The maximum absolute atomic E-state index is 5.28. The van der Waals surface area contributed by atoms with Crippen molar-refractivity contribution in [3.63, 3.8) is 0 Å². The summed E-state index contributed by atoms with van der Waals surface area (Å²) in [5, 5.41) is 0. The van der Waals surface area contributed by atoms with Gasteiger partial charge in [-0.05, 0) is 12.8 Å². The Morgan fingerprint density at radius 1 is 0.900 bits per heavy atom. The van der Waals surface area contributed by atoms with Crippen molar-refractivity contribution in [3.8, 4) is 0 Å². The van der Waals surface area contributed by atoms with Crippen LogP contribution in [0.15, 0.2) is 0 Å². The van der Waals surface area contributed by atoms with Crippen LogP contribution >= 0.6 is 0 Å². The van der Waals surface area contributed by atoms with Gasteiger partial charge in [0.1, 0.15) is 0 Å². The summed E-state index contributed by atoms with van der Waals surface area (Å²) in [6.45, 7) is 6.24. The van der Waals surface area contributed by atoms with Crippen LogP contribution in [-0.4, -0.2) is 13.2 Å². The van der Waals surface area contributed by atoms with E-state index in [-0.39, 0.29) is 6.15 Å². The van der Waals surface area contributed by atoms with Crippen molar-refractivity contribution in [1.29, 1.82) is 0 Å². The van der Waals surface area contributed by atoms with Gasteiger partial charge in [0.05, 0.1) is 0 Å². The van der Waals surface area contributed by atoms with Gasteiger partial charge in [0.25, 0.3) is 0 Å². The molecule has 0 saturated carbocycles. The van der Waals surface area contributed by atoms with Crippen LogP contribution < -0.4 is 6.15 Å². The van der Waals surface area contributed by atoms with E-state index in [4.69, 9.17) is 4.74 Å². The van der Waals surface area contributed by atoms with Crippen molar-refractivity contribution >= 4 is 0 Å². The Kier molecular flexibility index (Phi) is 14.7. The molecule has 0 aliphatic carbocycles. The van der Waals surface area contributed by atoms with Gasteiger partial charge in [-0.3, -0.25) is 0 Å². The van der Waals surface area contributed by atoms with E-state index in [9.17, 15) is 0 Å². The summed E-state index contributed by atoms with van der Waals surface area (Å²) in [5.41, 5.74) is 0. The van der Waals surface area contributed by atoms with E-state index in [1.807, 2.05) is 0 Å². The summed E-state index contributed by atoms with van der Waals surface area (Å²) < 4.78 is 5.28. The van der Waals surface area contributed by atoms with Crippen LogP contribution in [0.3, 0.4) is 0 Å². The van der Waals surface area contributed by atoms with Crippen molar-refractivity contribution in [2.75, 3.05) is 13.2 Å². The zero-order valence-electron chi connectivity index (χ0n) is 7.36. The molecule has 0 aliphatic heterocycles. The molecule has 3 N–H and O–H groups in total. The van der Waals surface area contributed by atoms with Crippen LogP contribution in [-0.2, 0) is 4.74 Å². The average Bonchev–Trinajstić information content (AvgIpc) is 1.89. The smallest absolute Gasteiger partial charge is 0.0466 e. The predicted molar refractivity (Wildman–Crippen MR) is 45.7 cm³/mol. The van der Waals surface area contributed by atoms with Crippen LogP contribution in [0.5, 0.6) is 0 Å². The van der Waals surface area contributed by atoms with Crippen LogP contribution in [0.4, 0.5) is 0 Å².